The van der Waals surface area contributed by atoms with Gasteiger partial charge in [0.1, 0.15) is 0 Å². The fraction of sp³-hybridized carbons (Fsp3) is 0. The van der Waals surface area contributed by atoms with Gasteiger partial charge in [0, 0.05) is 16.7 Å². The molecule has 0 spiro atoms. The number of halogens is 1. The van der Waals surface area contributed by atoms with Gasteiger partial charge in [-0.05, 0) is 6.07 Å². The Hall–Kier alpha value is -0.740. The highest BCUT2D eigenvalue weighted by Crippen LogP contribution is 2.08. The van der Waals surface area contributed by atoms with Gasteiger partial charge in [0.25, 0.3) is 0 Å². The molecule has 1 rings (SSSR count). The highest BCUT2D eigenvalue weighted by molar-refractivity contribution is 8.14. The molecule has 0 fully saturated rings. The molecule has 3 nitrogen and oxygen atoms in total. The van der Waals surface area contributed by atoms with E-state index < -0.39 is 9.24 Å². The van der Waals surface area contributed by atoms with Crippen LogP contribution in [0.5, 0.6) is 0 Å². The van der Waals surface area contributed by atoms with Gasteiger partial charge in [0.15, 0.2) is 0 Å². The van der Waals surface area contributed by atoms with Gasteiger partial charge in [0.05, 0.1) is 5.69 Å². The highest BCUT2D eigenvalue weighted by atomic mass is 35.7. The van der Waals surface area contributed by atoms with Crippen LogP contribution in [-0.4, -0.2) is 8.42 Å². The van der Waals surface area contributed by atoms with E-state index in [1.54, 1.807) is 24.3 Å². The maximum Gasteiger partial charge on any atom is 0.319 e. The van der Waals surface area contributed by atoms with E-state index in [-0.39, 0.29) is 0 Å². The second kappa shape index (κ2) is 3.11. The molecular weight excluding hydrogens is 186 g/mol. The first-order valence-electron chi connectivity index (χ1n) is 2.77. The SMILES string of the molecule is O=S(=O)(Cl)Nc1[c]cccc1. The van der Waals surface area contributed by atoms with Crippen LogP contribution in [0.3, 0.4) is 0 Å². The quantitative estimate of drug-likeness (QED) is 0.717. The Morgan fingerprint density at radius 3 is 2.64 bits per heavy atom. The zero-order chi connectivity index (χ0) is 8.32. The number of anilines is 1. The highest BCUT2D eigenvalue weighted by Gasteiger charge is 2.02. The predicted octanol–water partition coefficient (Wildman–Crippen LogP) is 1.38. The summed E-state index contributed by atoms with van der Waals surface area (Å²) >= 11 is 0. The summed E-state index contributed by atoms with van der Waals surface area (Å²) in [5.41, 5.74) is 0.336. The third-order valence-electron chi connectivity index (χ3n) is 0.941. The first kappa shape index (κ1) is 8.36. The number of rotatable bonds is 2. The Labute approximate surface area is 69.5 Å². The van der Waals surface area contributed by atoms with Gasteiger partial charge >= 0.3 is 9.24 Å². The lowest BCUT2D eigenvalue weighted by Gasteiger charge is -1.98. The van der Waals surface area contributed by atoms with E-state index in [0.29, 0.717) is 5.69 Å². The third-order valence-corrected chi connectivity index (χ3v) is 1.64. The van der Waals surface area contributed by atoms with Crippen LogP contribution in [0.4, 0.5) is 5.69 Å². The summed E-state index contributed by atoms with van der Waals surface area (Å²) < 4.78 is 22.9. The monoisotopic (exact) mass is 190 g/mol. The van der Waals surface area contributed by atoms with Gasteiger partial charge in [-0.25, -0.2) is 0 Å². The predicted molar refractivity (Wildman–Crippen MR) is 43.7 cm³/mol. The zero-order valence-electron chi connectivity index (χ0n) is 5.41. The summed E-state index contributed by atoms with van der Waals surface area (Å²) in [4.78, 5) is 0. The molecule has 1 radical (unpaired) electrons. The Balaban J connectivity index is 2.82. The summed E-state index contributed by atoms with van der Waals surface area (Å²) in [6, 6.07) is 9.20. The van der Waals surface area contributed by atoms with Crippen LogP contribution in [-0.2, 0) is 9.24 Å². The molecule has 1 N–H and O–H groups in total. The number of benzene rings is 1. The smallest absolute Gasteiger partial charge is 0.270 e. The van der Waals surface area contributed by atoms with Gasteiger partial charge in [-0.2, -0.15) is 8.42 Å². The van der Waals surface area contributed by atoms with Crippen molar-refractivity contribution >= 4 is 25.6 Å². The minimum atomic E-state index is -3.69. The van der Waals surface area contributed by atoms with Crippen molar-refractivity contribution in [3.05, 3.63) is 30.3 Å². The second-order valence-electron chi connectivity index (χ2n) is 1.82. The molecule has 0 aliphatic rings. The van der Waals surface area contributed by atoms with Crippen LogP contribution in [0, 0.1) is 6.07 Å². The minimum Gasteiger partial charge on any atom is -0.270 e. The maximum atomic E-state index is 10.4. The van der Waals surface area contributed by atoms with Crippen molar-refractivity contribution < 1.29 is 8.42 Å². The summed E-state index contributed by atoms with van der Waals surface area (Å²) in [5.74, 6) is 0. The molecular formula is C6H5ClNO2S. The molecule has 1 aromatic rings. The summed E-state index contributed by atoms with van der Waals surface area (Å²) in [7, 11) is 1.22. The average molecular weight is 191 g/mol. The molecule has 0 aliphatic heterocycles. The summed E-state index contributed by atoms with van der Waals surface area (Å²) in [6.07, 6.45) is 0. The number of hydrogen-bond acceptors (Lipinski definition) is 2. The lowest BCUT2D eigenvalue weighted by atomic mass is 10.3. The molecule has 0 saturated heterocycles. The molecule has 0 aromatic heterocycles. The van der Waals surface area contributed by atoms with Crippen molar-refractivity contribution in [2.24, 2.45) is 0 Å². The molecule has 0 atom stereocenters. The first-order chi connectivity index (χ1) is 5.08. The van der Waals surface area contributed by atoms with Crippen molar-refractivity contribution in [3.8, 4) is 0 Å². The van der Waals surface area contributed by atoms with Crippen LogP contribution in [0.25, 0.3) is 0 Å². The normalized spacial score (nSPS) is 11.0. The molecule has 0 saturated carbocycles. The largest absolute Gasteiger partial charge is 0.319 e. The van der Waals surface area contributed by atoms with E-state index >= 15 is 0 Å². The Morgan fingerprint density at radius 1 is 1.45 bits per heavy atom. The van der Waals surface area contributed by atoms with Gasteiger partial charge < -0.3 is 0 Å². The van der Waals surface area contributed by atoms with Gasteiger partial charge in [-0.15, -0.1) is 0 Å². The zero-order valence-corrected chi connectivity index (χ0v) is 6.98. The van der Waals surface area contributed by atoms with Crippen LogP contribution >= 0.6 is 10.7 Å². The molecule has 5 heteroatoms. The molecule has 0 unspecified atom stereocenters. The topological polar surface area (TPSA) is 46.2 Å². The molecule has 1 aromatic carbocycles. The van der Waals surface area contributed by atoms with E-state index in [2.05, 4.69) is 10.8 Å². The van der Waals surface area contributed by atoms with Crippen LogP contribution < -0.4 is 4.72 Å². The Kier molecular flexibility index (Phi) is 2.36. The fourth-order valence-corrected chi connectivity index (χ4v) is 1.23. The van der Waals surface area contributed by atoms with Crippen LogP contribution in [0.2, 0.25) is 0 Å². The molecule has 0 amide bonds. The van der Waals surface area contributed by atoms with Crippen molar-refractivity contribution in [1.29, 1.82) is 0 Å². The van der Waals surface area contributed by atoms with Crippen molar-refractivity contribution in [1.82, 2.24) is 0 Å². The second-order valence-corrected chi connectivity index (χ2v) is 4.11. The van der Waals surface area contributed by atoms with Crippen LogP contribution in [0.1, 0.15) is 0 Å². The van der Waals surface area contributed by atoms with Crippen molar-refractivity contribution in [2.75, 3.05) is 4.72 Å². The summed E-state index contributed by atoms with van der Waals surface area (Å²) in [6.45, 7) is 0. The van der Waals surface area contributed by atoms with E-state index in [4.69, 9.17) is 10.7 Å². The average Bonchev–Trinajstić information content (AvgIpc) is 1.85. The number of hydrogen-bond donors (Lipinski definition) is 1. The third kappa shape index (κ3) is 3.25. The standard InChI is InChI=1S/C6H5ClNO2S/c7-11(9,10)8-6-4-2-1-3-5-6/h1-4,8H. The van der Waals surface area contributed by atoms with E-state index in [1.165, 1.54) is 0 Å². The number of nitrogens with one attached hydrogen (secondary N) is 1. The number of para-hydroxylation sites is 1. The van der Waals surface area contributed by atoms with Crippen molar-refractivity contribution in [2.45, 2.75) is 0 Å². The Bertz CT molecular complexity index is 322. The van der Waals surface area contributed by atoms with Gasteiger partial charge in [0.2, 0.25) is 0 Å². The van der Waals surface area contributed by atoms with E-state index in [0.717, 1.165) is 0 Å². The molecule has 59 valence electrons. The molecule has 0 bridgehead atoms. The molecule has 0 heterocycles. The summed E-state index contributed by atoms with van der Waals surface area (Å²) in [5, 5.41) is 0. The van der Waals surface area contributed by atoms with E-state index in [1.807, 2.05) is 0 Å². The van der Waals surface area contributed by atoms with Crippen LogP contribution in [0.15, 0.2) is 24.3 Å². The van der Waals surface area contributed by atoms with Gasteiger partial charge in [-0.1, -0.05) is 18.2 Å². The van der Waals surface area contributed by atoms with Crippen molar-refractivity contribution in [3.63, 3.8) is 0 Å². The maximum absolute atomic E-state index is 10.4. The lowest BCUT2D eigenvalue weighted by Crippen LogP contribution is -2.03. The molecule has 11 heavy (non-hydrogen) atoms. The first-order valence-corrected chi connectivity index (χ1v) is 5.08. The van der Waals surface area contributed by atoms with E-state index in [9.17, 15) is 8.42 Å². The fourth-order valence-electron chi connectivity index (χ4n) is 0.588. The van der Waals surface area contributed by atoms with Gasteiger partial charge in [-0.3, -0.25) is 4.72 Å². The molecule has 0 aliphatic carbocycles. The minimum absolute atomic E-state index is 0.336. The Morgan fingerprint density at radius 2 is 2.18 bits per heavy atom. The lowest BCUT2D eigenvalue weighted by molar-refractivity contribution is 0.614.